The molecule has 0 fully saturated rings. The Balaban J connectivity index is -0.000000107. The van der Waals surface area contributed by atoms with Crippen molar-refractivity contribution in [3.8, 4) is 0 Å². The van der Waals surface area contributed by atoms with Crippen LogP contribution in [-0.2, 0) is 122 Å². The summed E-state index contributed by atoms with van der Waals surface area (Å²) in [5.41, 5.74) is -0.806. The summed E-state index contributed by atoms with van der Waals surface area (Å²) < 4.78 is 180. The zero-order valence-electron chi connectivity index (χ0n) is 14.9. The lowest BCUT2D eigenvalue weighted by Gasteiger charge is -1.69. The zero-order valence-corrected chi connectivity index (χ0v) is 22.9. The van der Waals surface area contributed by atoms with Gasteiger partial charge in [0.05, 0.1) is 0 Å². The Bertz CT molecular complexity index is 1010. The third kappa shape index (κ3) is 71.9. The molecule has 0 aromatic carbocycles. The van der Waals surface area contributed by atoms with Gasteiger partial charge >= 0.3 is 0 Å². The van der Waals surface area contributed by atoms with E-state index in [4.69, 9.17) is 0 Å². The smallest absolute Gasteiger partial charge is 0.271 e. The van der Waals surface area contributed by atoms with E-state index in [-0.39, 0.29) is 0 Å². The molecule has 0 aliphatic carbocycles. The van der Waals surface area contributed by atoms with E-state index in [0.29, 0.717) is 0 Å². The topological polar surface area (TPSA) is 378 Å². The van der Waals surface area contributed by atoms with E-state index in [2.05, 4.69) is 14.5 Å². The Kier molecular flexibility index (Phi) is 34.2. The van der Waals surface area contributed by atoms with Gasteiger partial charge in [-0.3, -0.25) is 9.59 Å². The molecule has 33 heteroatoms. The summed E-state index contributed by atoms with van der Waals surface area (Å²) in [6.45, 7) is 0. The molecule has 0 spiro atoms. The van der Waals surface area contributed by atoms with Gasteiger partial charge in [-0.1, -0.05) is 0 Å². The van der Waals surface area contributed by atoms with Crippen molar-refractivity contribution in [1.29, 1.82) is 0 Å². The van der Waals surface area contributed by atoms with Crippen molar-refractivity contribution in [3.05, 3.63) is 0 Å². The van der Waals surface area contributed by atoms with Crippen molar-refractivity contribution in [1.82, 2.24) is 0 Å². The van der Waals surface area contributed by atoms with E-state index in [0.717, 1.165) is 0 Å². The Hall–Kier alpha value is -1.27. The number of hydrogen-bond acceptors (Lipinski definition) is 24. The molecule has 0 saturated carbocycles. The molecule has 0 N–H and O–H groups in total. The Morgan fingerprint density at radius 3 is 0.457 bits per heavy atom. The second kappa shape index (κ2) is 27.3. The highest BCUT2D eigenvalue weighted by Crippen LogP contribution is 1.69. The Morgan fingerprint density at radius 2 is 0.457 bits per heavy atom. The van der Waals surface area contributed by atoms with Crippen LogP contribution in [0.2, 0.25) is 0 Å². The quantitative estimate of drug-likeness (QED) is 0.0772. The largest absolute Gasteiger partial charge is 0.285 e. The molecule has 0 aliphatic rings. The lowest BCUT2D eigenvalue weighted by Crippen LogP contribution is -1.99. The standard InChI is InChI=1S/C2H2O4S.4H2O5S2/c3-1-7(5,6)2-4;4*1-6(2)5-7(3)4/h1-2H;4*6-7H. The van der Waals surface area contributed by atoms with Crippen LogP contribution < -0.4 is 0 Å². The van der Waals surface area contributed by atoms with Crippen molar-refractivity contribution in [2.45, 2.75) is 0 Å². The highest BCUT2D eigenvalue weighted by Gasteiger charge is 2.01. The fourth-order valence-corrected chi connectivity index (χ4v) is 2.03. The molecule has 0 aliphatic heterocycles. The monoisotopic (exact) mass is 706 g/mol. The van der Waals surface area contributed by atoms with Crippen LogP contribution in [-0.4, -0.2) is 87.0 Å². The molecule has 0 aromatic heterocycles. The predicted octanol–water partition coefficient (Wildman–Crippen LogP) is -9.00. The Labute approximate surface area is 207 Å². The van der Waals surface area contributed by atoms with E-state index in [1.54, 1.807) is 0 Å². The molecule has 35 heavy (non-hydrogen) atoms. The summed E-state index contributed by atoms with van der Waals surface area (Å²) in [5.74, 6) is 0. The van der Waals surface area contributed by atoms with Crippen molar-refractivity contribution in [2.24, 2.45) is 0 Å². The first-order valence-corrected chi connectivity index (χ1v) is 16.0. The van der Waals surface area contributed by atoms with Gasteiger partial charge in [-0.2, -0.15) is 14.5 Å². The van der Waals surface area contributed by atoms with Gasteiger partial charge in [-0.05, 0) is 0 Å². The molecule has 0 bridgehead atoms. The van der Waals surface area contributed by atoms with E-state index >= 15 is 0 Å². The van der Waals surface area contributed by atoms with Crippen molar-refractivity contribution in [2.75, 3.05) is 0 Å². The second-order valence-corrected chi connectivity index (χ2v) is 10.7. The lowest BCUT2D eigenvalue weighted by molar-refractivity contribution is 0.492. The van der Waals surface area contributed by atoms with Crippen LogP contribution in [0.25, 0.3) is 0 Å². The summed E-state index contributed by atoms with van der Waals surface area (Å²) >= 11 is 0. The van der Waals surface area contributed by atoms with E-state index in [1.165, 1.54) is 0 Å². The van der Waals surface area contributed by atoms with Gasteiger partial charge in [0, 0.05) is 0 Å². The number of carbonyl (C=O) groups excluding carboxylic acids is 2. The first kappa shape index (κ1) is 43.8. The minimum absolute atomic E-state index is 0.403. The number of hydrogen-bond donors (Lipinski definition) is 8. The van der Waals surface area contributed by atoms with Gasteiger partial charge in [0.2, 0.25) is 11.2 Å². The van der Waals surface area contributed by atoms with E-state index < -0.39 is 109 Å². The molecule has 24 nitrogen and oxygen atoms in total. The van der Waals surface area contributed by atoms with Gasteiger partial charge in [0.15, 0.2) is 0 Å². The van der Waals surface area contributed by atoms with Crippen LogP contribution in [0.4, 0.5) is 0 Å². The molecule has 0 atom stereocenters. The van der Waals surface area contributed by atoms with Gasteiger partial charge in [0.25, 0.3) is 97.7 Å². The van der Waals surface area contributed by atoms with Crippen LogP contribution in [0, 0.1) is 0 Å². The summed E-state index contributed by atoms with van der Waals surface area (Å²) in [4.78, 5) is 18.5. The number of carbonyl (C=O) groups is 2. The van der Waals surface area contributed by atoms with Crippen molar-refractivity contribution in [3.63, 3.8) is 0 Å². The molecule has 0 saturated heterocycles. The molecular formula is C2H10O24S9. The first-order valence-electron chi connectivity index (χ1n) is 5.66. The highest BCUT2D eigenvalue weighted by molar-refractivity contribution is 8.15. The van der Waals surface area contributed by atoms with E-state index in [9.17, 15) is 85.3 Å². The lowest BCUT2D eigenvalue weighted by atomic mass is 11.8. The molecular weight excluding hydrogens is 697 g/mol. The van der Waals surface area contributed by atoms with Crippen LogP contribution in [0.15, 0.2) is 0 Å². The molecule has 0 amide bonds. The van der Waals surface area contributed by atoms with Gasteiger partial charge < -0.3 is 0 Å². The van der Waals surface area contributed by atoms with Crippen LogP contribution in [0.3, 0.4) is 0 Å². The van der Waals surface area contributed by atoms with Gasteiger partial charge in [-0.15, -0.1) is 0 Å². The molecule has 216 valence electrons. The van der Waals surface area contributed by atoms with Crippen molar-refractivity contribution >= 4 is 109 Å². The molecule has 0 radical (unpaired) electrons. The molecule has 0 aromatic rings. The van der Waals surface area contributed by atoms with Crippen LogP contribution in [0.5, 0.6) is 0 Å². The third-order valence-electron chi connectivity index (χ3n) is 0.802. The van der Waals surface area contributed by atoms with E-state index in [1.807, 2.05) is 0 Å². The zero-order chi connectivity index (χ0) is 29.4. The number of thiol groups is 8. The molecule has 0 heterocycles. The summed E-state index contributed by atoms with van der Waals surface area (Å²) in [5, 5.41) is 0. The van der Waals surface area contributed by atoms with Gasteiger partial charge in [0.1, 0.15) is 0 Å². The molecule has 0 rings (SSSR count). The normalized spacial score (nSPS) is 10.5. The maximum Gasteiger partial charge on any atom is 0.271 e. The van der Waals surface area contributed by atoms with Crippen LogP contribution in [0.1, 0.15) is 0 Å². The average molecular weight is 707 g/mol. The minimum Gasteiger partial charge on any atom is -0.285 e. The maximum atomic E-state index is 9.63. The first-order chi connectivity index (χ1) is 15.6. The second-order valence-electron chi connectivity index (χ2n) is 2.90. The SMILES string of the molecule is O=CS(=O)(=O)C=O.O=[SH](=O)O[SH](=O)=O.O=[SH](=O)O[SH](=O)=O.O=[SH](=O)O[SH](=O)=O.O=[SH](=O)O[SH](=O)=O. The van der Waals surface area contributed by atoms with Crippen LogP contribution >= 0.6 is 0 Å². The maximum absolute atomic E-state index is 9.63. The van der Waals surface area contributed by atoms with Gasteiger partial charge in [-0.25, -0.2) is 75.8 Å². The minimum atomic E-state index is -4.02. The summed E-state index contributed by atoms with van der Waals surface area (Å²) in [7, 11) is -29.9. The Morgan fingerprint density at radius 1 is 0.343 bits per heavy atom. The molecule has 0 unspecified atom stereocenters. The average Bonchev–Trinajstić information content (AvgIpc) is 2.59. The predicted molar refractivity (Wildman–Crippen MR) is 109 cm³/mol. The fourth-order valence-electron chi connectivity index (χ4n) is 0.240. The summed E-state index contributed by atoms with van der Waals surface area (Å²) in [6, 6.07) is 0. The third-order valence-corrected chi connectivity index (χ3v) is 5.60. The van der Waals surface area contributed by atoms with Crippen molar-refractivity contribution < 1.29 is 99.9 Å². The fraction of sp³-hybridized carbons (Fsp3) is 0. The number of rotatable bonds is 10. The summed E-state index contributed by atoms with van der Waals surface area (Å²) in [6.07, 6.45) is 0. The highest BCUT2D eigenvalue weighted by atomic mass is 32.3. The number of sulfone groups is 1.